The van der Waals surface area contributed by atoms with Crippen LogP contribution in [0.25, 0.3) is 0 Å². The summed E-state index contributed by atoms with van der Waals surface area (Å²) in [6, 6.07) is 9.55. The van der Waals surface area contributed by atoms with Crippen molar-refractivity contribution >= 4 is 11.9 Å². The third kappa shape index (κ3) is 6.40. The van der Waals surface area contributed by atoms with Gasteiger partial charge in [0, 0.05) is 38.6 Å². The lowest BCUT2D eigenvalue weighted by Gasteiger charge is -2.31. The minimum Gasteiger partial charge on any atom is -0.480 e. The number of hydrogen-bond donors (Lipinski definition) is 2. The molecule has 8 nitrogen and oxygen atoms in total. The molecule has 2 N–H and O–H groups in total. The highest BCUT2D eigenvalue weighted by Crippen LogP contribution is 2.11. The molecule has 0 radical (unpaired) electrons. The summed E-state index contributed by atoms with van der Waals surface area (Å²) in [5.74, 6) is -1.86. The number of aliphatic carboxylic acids is 2. The second-order valence-electron chi connectivity index (χ2n) is 6.61. The Labute approximate surface area is 164 Å². The minimum absolute atomic E-state index is 0.368. The Hall–Kier alpha value is -2.84. The fourth-order valence-electron chi connectivity index (χ4n) is 2.79. The summed E-state index contributed by atoms with van der Waals surface area (Å²) in [5.41, 5.74) is 1.52. The van der Waals surface area contributed by atoms with E-state index >= 15 is 0 Å². The van der Waals surface area contributed by atoms with Crippen molar-refractivity contribution in [1.29, 1.82) is 0 Å². The van der Waals surface area contributed by atoms with Crippen molar-refractivity contribution < 1.29 is 19.8 Å². The SMILES string of the molecule is C[C@@H](C(=O)O)N(CCN(Cc1ccccn1)[C@@H](C)C(=O)O)Cc1ccccn1. The van der Waals surface area contributed by atoms with Gasteiger partial charge in [0.25, 0.3) is 0 Å². The lowest BCUT2D eigenvalue weighted by molar-refractivity contribution is -0.145. The molecule has 2 aromatic rings. The lowest BCUT2D eigenvalue weighted by Crippen LogP contribution is -2.46. The van der Waals surface area contributed by atoms with Gasteiger partial charge in [-0.05, 0) is 38.1 Å². The maximum Gasteiger partial charge on any atom is 0.320 e. The third-order valence-corrected chi connectivity index (χ3v) is 4.67. The summed E-state index contributed by atoms with van der Waals surface area (Å²) in [4.78, 5) is 35.2. The fraction of sp³-hybridized carbons (Fsp3) is 0.400. The number of hydrogen-bond acceptors (Lipinski definition) is 6. The van der Waals surface area contributed by atoms with E-state index in [9.17, 15) is 19.8 Å². The maximum atomic E-state index is 11.5. The Morgan fingerprint density at radius 1 is 0.821 bits per heavy atom. The molecule has 2 atom stereocenters. The number of aromatic nitrogens is 2. The van der Waals surface area contributed by atoms with Crippen molar-refractivity contribution in [3.63, 3.8) is 0 Å². The topological polar surface area (TPSA) is 107 Å². The Morgan fingerprint density at radius 3 is 1.50 bits per heavy atom. The van der Waals surface area contributed by atoms with Gasteiger partial charge in [-0.3, -0.25) is 29.4 Å². The first-order valence-corrected chi connectivity index (χ1v) is 9.12. The van der Waals surface area contributed by atoms with Gasteiger partial charge in [-0.25, -0.2) is 0 Å². The van der Waals surface area contributed by atoms with Crippen LogP contribution in [0.15, 0.2) is 48.8 Å². The molecular formula is C20H26N4O4. The molecule has 2 aromatic heterocycles. The van der Waals surface area contributed by atoms with Crippen molar-refractivity contribution in [2.24, 2.45) is 0 Å². The van der Waals surface area contributed by atoms with Gasteiger partial charge in [-0.15, -0.1) is 0 Å². The van der Waals surface area contributed by atoms with Crippen LogP contribution in [0.5, 0.6) is 0 Å². The molecule has 0 saturated heterocycles. The summed E-state index contributed by atoms with van der Waals surface area (Å²) in [6.45, 7) is 4.74. The number of rotatable bonds is 11. The van der Waals surface area contributed by atoms with Gasteiger partial charge < -0.3 is 10.2 Å². The van der Waals surface area contributed by atoms with Gasteiger partial charge in [0.05, 0.1) is 11.4 Å². The van der Waals surface area contributed by atoms with E-state index in [0.29, 0.717) is 26.2 Å². The van der Waals surface area contributed by atoms with Gasteiger partial charge in [0.2, 0.25) is 0 Å². The second-order valence-corrected chi connectivity index (χ2v) is 6.61. The molecule has 150 valence electrons. The lowest BCUT2D eigenvalue weighted by atomic mass is 10.2. The van der Waals surface area contributed by atoms with Crippen LogP contribution in [0.1, 0.15) is 25.2 Å². The van der Waals surface area contributed by atoms with E-state index in [1.807, 2.05) is 24.3 Å². The molecule has 0 aliphatic carbocycles. The average molecular weight is 386 g/mol. The van der Waals surface area contributed by atoms with Gasteiger partial charge >= 0.3 is 11.9 Å². The standard InChI is InChI=1S/C20H26N4O4/c1-15(19(25)26)23(13-17-7-3-5-9-21-17)11-12-24(16(2)20(27)28)14-18-8-4-6-10-22-18/h3-10,15-16H,11-14H2,1-2H3,(H,25,26)(H,27,28)/t15-,16-/m0/s1. The molecule has 0 fully saturated rings. The van der Waals surface area contributed by atoms with E-state index in [1.165, 1.54) is 0 Å². The summed E-state index contributed by atoms with van der Waals surface area (Å²) in [5, 5.41) is 18.9. The van der Waals surface area contributed by atoms with Crippen molar-refractivity contribution in [2.45, 2.75) is 39.0 Å². The van der Waals surface area contributed by atoms with Crippen molar-refractivity contribution in [3.05, 3.63) is 60.2 Å². The number of carboxylic acids is 2. The summed E-state index contributed by atoms with van der Waals surface area (Å²) >= 11 is 0. The number of carboxylic acid groups (broad SMARTS) is 2. The molecule has 28 heavy (non-hydrogen) atoms. The van der Waals surface area contributed by atoms with Crippen LogP contribution in [0, 0.1) is 0 Å². The molecule has 0 aromatic carbocycles. The first kappa shape index (κ1) is 21.5. The van der Waals surface area contributed by atoms with Crippen LogP contribution < -0.4 is 0 Å². The largest absolute Gasteiger partial charge is 0.480 e. The van der Waals surface area contributed by atoms with Crippen molar-refractivity contribution in [2.75, 3.05) is 13.1 Å². The van der Waals surface area contributed by atoms with Crippen LogP contribution in [0.3, 0.4) is 0 Å². The maximum absolute atomic E-state index is 11.5. The monoisotopic (exact) mass is 386 g/mol. The molecule has 0 bridgehead atoms. The highest BCUT2D eigenvalue weighted by atomic mass is 16.4. The molecule has 0 aliphatic heterocycles. The molecular weight excluding hydrogens is 360 g/mol. The molecule has 0 amide bonds. The van der Waals surface area contributed by atoms with Crippen LogP contribution in [0.4, 0.5) is 0 Å². The van der Waals surface area contributed by atoms with E-state index in [4.69, 9.17) is 0 Å². The van der Waals surface area contributed by atoms with E-state index in [0.717, 1.165) is 11.4 Å². The van der Waals surface area contributed by atoms with E-state index < -0.39 is 24.0 Å². The Bertz CT molecular complexity index is 692. The summed E-state index contributed by atoms with van der Waals surface area (Å²) < 4.78 is 0. The fourth-order valence-corrected chi connectivity index (χ4v) is 2.79. The van der Waals surface area contributed by atoms with E-state index in [2.05, 4.69) is 9.97 Å². The highest BCUT2D eigenvalue weighted by molar-refractivity contribution is 5.73. The smallest absolute Gasteiger partial charge is 0.320 e. The average Bonchev–Trinajstić information content (AvgIpc) is 2.70. The first-order chi connectivity index (χ1) is 13.4. The van der Waals surface area contributed by atoms with E-state index in [1.54, 1.807) is 48.2 Å². The molecule has 0 aliphatic rings. The Balaban J connectivity index is 2.12. The van der Waals surface area contributed by atoms with Crippen molar-refractivity contribution in [1.82, 2.24) is 19.8 Å². The quantitative estimate of drug-likeness (QED) is 0.601. The number of carbonyl (C=O) groups is 2. The van der Waals surface area contributed by atoms with E-state index in [-0.39, 0.29) is 0 Å². The summed E-state index contributed by atoms with van der Waals surface area (Å²) in [7, 11) is 0. The first-order valence-electron chi connectivity index (χ1n) is 9.12. The van der Waals surface area contributed by atoms with Crippen LogP contribution in [-0.2, 0) is 22.7 Å². The van der Waals surface area contributed by atoms with Crippen LogP contribution >= 0.6 is 0 Å². The Morgan fingerprint density at radius 2 is 1.21 bits per heavy atom. The van der Waals surface area contributed by atoms with Crippen molar-refractivity contribution in [3.8, 4) is 0 Å². The van der Waals surface area contributed by atoms with Crippen LogP contribution in [-0.4, -0.2) is 67.1 Å². The molecule has 0 spiro atoms. The number of pyridine rings is 2. The van der Waals surface area contributed by atoms with Gasteiger partial charge in [0.1, 0.15) is 12.1 Å². The normalized spacial score (nSPS) is 13.4. The molecule has 8 heteroatoms. The predicted molar refractivity (Wildman–Crippen MR) is 103 cm³/mol. The second kappa shape index (κ2) is 10.5. The van der Waals surface area contributed by atoms with Gasteiger partial charge in [-0.1, -0.05) is 12.1 Å². The third-order valence-electron chi connectivity index (χ3n) is 4.67. The molecule has 2 heterocycles. The highest BCUT2D eigenvalue weighted by Gasteiger charge is 2.25. The zero-order valence-corrected chi connectivity index (χ0v) is 16.1. The molecule has 0 saturated carbocycles. The van der Waals surface area contributed by atoms with Gasteiger partial charge in [-0.2, -0.15) is 0 Å². The zero-order valence-electron chi connectivity index (χ0n) is 16.1. The minimum atomic E-state index is -0.932. The predicted octanol–water partition coefficient (Wildman–Crippen LogP) is 1.73. The molecule has 2 rings (SSSR count). The number of nitrogens with zero attached hydrogens (tertiary/aromatic N) is 4. The van der Waals surface area contributed by atoms with Crippen LogP contribution in [0.2, 0.25) is 0 Å². The molecule has 0 unspecified atom stereocenters. The summed E-state index contributed by atoms with van der Waals surface area (Å²) in [6.07, 6.45) is 3.33. The Kier molecular flexibility index (Phi) is 8.03. The zero-order chi connectivity index (χ0) is 20.5. The van der Waals surface area contributed by atoms with Gasteiger partial charge in [0.15, 0.2) is 0 Å².